The summed E-state index contributed by atoms with van der Waals surface area (Å²) in [5, 5.41) is 3.56. The number of aryl methyl sites for hydroxylation is 4. The van der Waals surface area contributed by atoms with Crippen LogP contribution in [-0.4, -0.2) is 13.7 Å². The molecule has 3 heteroatoms. The molecule has 0 spiro atoms. The molecule has 0 unspecified atom stereocenters. The molecule has 0 atom stereocenters. The molecule has 0 aliphatic carbocycles. The molecule has 1 N–H and O–H groups in total. The van der Waals surface area contributed by atoms with Crippen molar-refractivity contribution >= 4 is 43.7 Å². The van der Waals surface area contributed by atoms with Gasteiger partial charge in [-0.1, -0.05) is 0 Å². The van der Waals surface area contributed by atoms with Crippen LogP contribution in [0.4, 0.5) is 11.4 Å². The van der Waals surface area contributed by atoms with Gasteiger partial charge in [-0.05, 0) is 0 Å². The van der Waals surface area contributed by atoms with E-state index in [0.717, 1.165) is 0 Å². The van der Waals surface area contributed by atoms with Crippen LogP contribution in [-0.2, 0) is 0 Å². The Kier molecular flexibility index (Phi) is 3.15. The van der Waals surface area contributed by atoms with Crippen LogP contribution < -0.4 is 14.0 Å². The fourth-order valence-corrected chi connectivity index (χ4v) is 7.08. The molecule has 2 aromatic rings. The number of nitrogens with one attached hydrogen (secondary N) is 1. The van der Waals surface area contributed by atoms with E-state index in [1.807, 2.05) is 0 Å². The van der Waals surface area contributed by atoms with Crippen molar-refractivity contribution in [2.75, 3.05) is 5.32 Å². The summed E-state index contributed by atoms with van der Waals surface area (Å²) in [4.78, 5) is 0. The topological polar surface area (TPSA) is 12.0 Å². The molecule has 0 saturated carbocycles. The first-order valence-electron chi connectivity index (χ1n) is 6.43. The summed E-state index contributed by atoms with van der Waals surface area (Å²) in [5.74, 6) is 0. The van der Waals surface area contributed by atoms with Gasteiger partial charge in [0.05, 0.1) is 0 Å². The molecule has 98 valence electrons. The van der Waals surface area contributed by atoms with Crippen molar-refractivity contribution in [1.29, 1.82) is 0 Å². The molecule has 1 aliphatic rings. The molecular formula is C16H17AsClN. The quantitative estimate of drug-likeness (QED) is 0.729. The molecule has 0 bridgehead atoms. The monoisotopic (exact) mass is 333 g/mol. The van der Waals surface area contributed by atoms with Crippen molar-refractivity contribution in [2.45, 2.75) is 27.7 Å². The second-order valence-corrected chi connectivity index (χ2v) is 10.3. The standard InChI is InChI=1S/C16H17AsClN/c1-9-5-13-15(7-11(9)3)19-16-8-12(4)10(2)6-14(16)17(13)18/h5-8,19H,1-4H3. The molecule has 0 amide bonds. The van der Waals surface area contributed by atoms with Gasteiger partial charge in [-0.15, -0.1) is 0 Å². The molecular weight excluding hydrogens is 317 g/mol. The molecule has 0 aromatic heterocycles. The first-order valence-corrected chi connectivity index (χ1v) is 10.8. The Morgan fingerprint density at radius 1 is 0.737 bits per heavy atom. The second-order valence-electron chi connectivity index (χ2n) is 5.31. The summed E-state index contributed by atoms with van der Waals surface area (Å²) in [6, 6.07) is 8.99. The van der Waals surface area contributed by atoms with Crippen LogP contribution in [0.1, 0.15) is 22.3 Å². The van der Waals surface area contributed by atoms with Crippen molar-refractivity contribution in [2.24, 2.45) is 0 Å². The van der Waals surface area contributed by atoms with E-state index in [1.165, 1.54) is 42.3 Å². The van der Waals surface area contributed by atoms with E-state index < -0.39 is 13.7 Å². The van der Waals surface area contributed by atoms with Crippen LogP contribution in [0.15, 0.2) is 24.3 Å². The molecule has 0 fully saturated rings. The number of hydrogen-bond acceptors (Lipinski definition) is 1. The van der Waals surface area contributed by atoms with E-state index in [2.05, 4.69) is 57.3 Å². The summed E-state index contributed by atoms with van der Waals surface area (Å²) < 4.78 is 2.65. The third-order valence-corrected chi connectivity index (χ3v) is 9.14. The van der Waals surface area contributed by atoms with Gasteiger partial charge in [0.25, 0.3) is 0 Å². The van der Waals surface area contributed by atoms with Gasteiger partial charge >= 0.3 is 123 Å². The molecule has 19 heavy (non-hydrogen) atoms. The van der Waals surface area contributed by atoms with E-state index in [-0.39, 0.29) is 0 Å². The summed E-state index contributed by atoms with van der Waals surface area (Å²) in [7, 11) is 6.83. The van der Waals surface area contributed by atoms with Crippen LogP contribution in [0.25, 0.3) is 0 Å². The van der Waals surface area contributed by atoms with Crippen molar-refractivity contribution < 1.29 is 0 Å². The summed E-state index contributed by atoms with van der Waals surface area (Å²) >= 11 is -1.65. The van der Waals surface area contributed by atoms with Crippen molar-refractivity contribution in [1.82, 2.24) is 0 Å². The summed E-state index contributed by atoms with van der Waals surface area (Å²) in [5.41, 5.74) is 7.69. The van der Waals surface area contributed by atoms with E-state index >= 15 is 0 Å². The van der Waals surface area contributed by atoms with Gasteiger partial charge in [-0.2, -0.15) is 0 Å². The van der Waals surface area contributed by atoms with Crippen LogP contribution in [0, 0.1) is 27.7 Å². The third-order valence-electron chi connectivity index (χ3n) is 3.92. The van der Waals surface area contributed by atoms with Crippen molar-refractivity contribution in [3.63, 3.8) is 0 Å². The summed E-state index contributed by atoms with van der Waals surface area (Å²) in [6.45, 7) is 8.62. The van der Waals surface area contributed by atoms with Gasteiger partial charge in [0.2, 0.25) is 0 Å². The Hall–Kier alpha value is -0.912. The minimum atomic E-state index is -1.65. The fourth-order valence-electron chi connectivity index (χ4n) is 2.40. The van der Waals surface area contributed by atoms with Gasteiger partial charge in [-0.3, -0.25) is 0 Å². The van der Waals surface area contributed by atoms with Crippen LogP contribution in [0.2, 0.25) is 0 Å². The Balaban J connectivity index is 2.20. The van der Waals surface area contributed by atoms with E-state index in [0.29, 0.717) is 0 Å². The Morgan fingerprint density at radius 2 is 1.11 bits per heavy atom. The third kappa shape index (κ3) is 2.10. The normalized spacial score (nSPS) is 13.7. The average Bonchev–Trinajstić information content (AvgIpc) is 2.35. The average molecular weight is 334 g/mol. The zero-order valence-electron chi connectivity index (χ0n) is 11.6. The second kappa shape index (κ2) is 4.58. The van der Waals surface area contributed by atoms with Crippen LogP contribution >= 0.6 is 9.95 Å². The van der Waals surface area contributed by atoms with Crippen LogP contribution in [0.3, 0.4) is 0 Å². The SMILES string of the molecule is Cc1cc2c(cc1C)[As](Cl)c1cc(C)c(C)cc1N2. The molecule has 2 aromatic carbocycles. The van der Waals surface area contributed by atoms with Gasteiger partial charge in [0, 0.05) is 0 Å². The zero-order valence-corrected chi connectivity index (χ0v) is 14.3. The first kappa shape index (κ1) is 13.1. The van der Waals surface area contributed by atoms with Gasteiger partial charge in [0.15, 0.2) is 0 Å². The first-order chi connectivity index (χ1) is 8.97. The molecule has 0 radical (unpaired) electrons. The van der Waals surface area contributed by atoms with Gasteiger partial charge in [-0.25, -0.2) is 0 Å². The number of hydrogen-bond donors (Lipinski definition) is 1. The minimum absolute atomic E-state index is 1.20. The fraction of sp³-hybridized carbons (Fsp3) is 0.250. The van der Waals surface area contributed by atoms with Gasteiger partial charge < -0.3 is 0 Å². The Morgan fingerprint density at radius 3 is 1.53 bits per heavy atom. The predicted octanol–water partition coefficient (Wildman–Crippen LogP) is 3.32. The molecule has 1 aliphatic heterocycles. The number of benzene rings is 2. The van der Waals surface area contributed by atoms with E-state index in [1.54, 1.807) is 0 Å². The van der Waals surface area contributed by atoms with Crippen molar-refractivity contribution in [3.8, 4) is 0 Å². The Bertz CT molecular complexity index is 621. The predicted molar refractivity (Wildman–Crippen MR) is 86.0 cm³/mol. The van der Waals surface area contributed by atoms with E-state index in [9.17, 15) is 0 Å². The number of rotatable bonds is 0. The number of fused-ring (bicyclic) bond motifs is 2. The number of anilines is 2. The maximum atomic E-state index is 6.83. The maximum absolute atomic E-state index is 6.83. The molecule has 0 saturated heterocycles. The summed E-state index contributed by atoms with van der Waals surface area (Å²) in [6.07, 6.45) is 0. The Labute approximate surface area is 123 Å². The van der Waals surface area contributed by atoms with Crippen LogP contribution in [0.5, 0.6) is 0 Å². The van der Waals surface area contributed by atoms with Crippen molar-refractivity contribution in [3.05, 3.63) is 46.5 Å². The van der Waals surface area contributed by atoms with Gasteiger partial charge in [0.1, 0.15) is 0 Å². The number of halogens is 1. The molecule has 1 heterocycles. The zero-order chi connectivity index (χ0) is 13.7. The van der Waals surface area contributed by atoms with E-state index in [4.69, 9.17) is 9.95 Å². The molecule has 3 rings (SSSR count). The molecule has 1 nitrogen and oxygen atoms in total.